The first kappa shape index (κ1) is 23.9. The van der Waals surface area contributed by atoms with Gasteiger partial charge < -0.3 is 19.5 Å². The Kier molecular flexibility index (Phi) is 9.06. The van der Waals surface area contributed by atoms with Crippen LogP contribution in [0.15, 0.2) is 48.5 Å². The molecule has 0 aliphatic rings. The van der Waals surface area contributed by atoms with Gasteiger partial charge in [-0.05, 0) is 41.7 Å². The fourth-order valence-corrected chi connectivity index (χ4v) is 3.14. The Balaban J connectivity index is 1.81. The van der Waals surface area contributed by atoms with E-state index < -0.39 is 30.5 Å². The minimum absolute atomic E-state index is 0.266. The van der Waals surface area contributed by atoms with Crippen LogP contribution in [0.3, 0.4) is 0 Å². The highest BCUT2D eigenvalue weighted by Crippen LogP contribution is 2.23. The summed E-state index contributed by atoms with van der Waals surface area (Å²) in [6, 6.07) is 14.0. The summed E-state index contributed by atoms with van der Waals surface area (Å²) in [7, 11) is 1.25. The van der Waals surface area contributed by atoms with E-state index in [1.54, 1.807) is 6.07 Å². The van der Waals surface area contributed by atoms with Gasteiger partial charge >= 0.3 is 11.9 Å². The van der Waals surface area contributed by atoms with Crippen molar-refractivity contribution >= 4 is 17.8 Å². The zero-order valence-electron chi connectivity index (χ0n) is 18.3. The SMILES string of the molecule is COC(=O)C(Cc1ccccc1)NC(=O)COC(=O)COc1ccc(C(C)C)c(C)c1. The second-order valence-electron chi connectivity index (χ2n) is 7.46. The highest BCUT2D eigenvalue weighted by molar-refractivity contribution is 5.86. The van der Waals surface area contributed by atoms with Crippen LogP contribution in [0.4, 0.5) is 0 Å². The molecule has 0 aliphatic heterocycles. The fraction of sp³-hybridized carbons (Fsp3) is 0.375. The number of nitrogens with one attached hydrogen (secondary N) is 1. The van der Waals surface area contributed by atoms with Crippen LogP contribution in [0.1, 0.15) is 36.5 Å². The van der Waals surface area contributed by atoms with Gasteiger partial charge in [-0.3, -0.25) is 4.79 Å². The lowest BCUT2D eigenvalue weighted by Gasteiger charge is -2.16. The lowest BCUT2D eigenvalue weighted by atomic mass is 9.98. The molecule has 1 atom stereocenters. The average molecular weight is 427 g/mol. The number of ether oxygens (including phenoxy) is 3. The number of hydrogen-bond donors (Lipinski definition) is 1. The Morgan fingerprint density at radius 1 is 1.00 bits per heavy atom. The third kappa shape index (κ3) is 7.77. The van der Waals surface area contributed by atoms with Gasteiger partial charge in [-0.2, -0.15) is 0 Å². The molecule has 2 aromatic carbocycles. The number of esters is 2. The summed E-state index contributed by atoms with van der Waals surface area (Å²) in [4.78, 5) is 36.1. The van der Waals surface area contributed by atoms with E-state index >= 15 is 0 Å². The smallest absolute Gasteiger partial charge is 0.344 e. The normalized spacial score (nSPS) is 11.5. The maximum atomic E-state index is 12.2. The van der Waals surface area contributed by atoms with Crippen molar-refractivity contribution in [3.8, 4) is 5.75 Å². The summed E-state index contributed by atoms with van der Waals surface area (Å²) < 4.78 is 15.2. The Morgan fingerprint density at radius 2 is 1.71 bits per heavy atom. The maximum Gasteiger partial charge on any atom is 0.344 e. The summed E-state index contributed by atoms with van der Waals surface area (Å²) in [6.45, 7) is 5.36. The molecule has 1 N–H and O–H groups in total. The lowest BCUT2D eigenvalue weighted by Crippen LogP contribution is -2.44. The third-order valence-corrected chi connectivity index (χ3v) is 4.69. The number of rotatable bonds is 10. The highest BCUT2D eigenvalue weighted by Gasteiger charge is 2.22. The van der Waals surface area contributed by atoms with Gasteiger partial charge in [-0.25, -0.2) is 9.59 Å². The minimum Gasteiger partial charge on any atom is -0.482 e. The Labute approximate surface area is 182 Å². The van der Waals surface area contributed by atoms with E-state index in [9.17, 15) is 14.4 Å². The molecule has 0 heterocycles. The third-order valence-electron chi connectivity index (χ3n) is 4.69. The Hall–Kier alpha value is -3.35. The van der Waals surface area contributed by atoms with Crippen molar-refractivity contribution in [3.63, 3.8) is 0 Å². The van der Waals surface area contributed by atoms with Crippen molar-refractivity contribution in [1.82, 2.24) is 5.32 Å². The van der Waals surface area contributed by atoms with Crippen molar-refractivity contribution in [2.45, 2.75) is 39.2 Å². The van der Waals surface area contributed by atoms with Crippen molar-refractivity contribution in [3.05, 3.63) is 65.2 Å². The van der Waals surface area contributed by atoms with E-state index in [0.29, 0.717) is 11.7 Å². The first-order valence-corrected chi connectivity index (χ1v) is 10.1. The van der Waals surface area contributed by atoms with E-state index in [1.165, 1.54) is 12.7 Å². The number of amides is 1. The lowest BCUT2D eigenvalue weighted by molar-refractivity contribution is -0.151. The molecule has 2 rings (SSSR count). The van der Waals surface area contributed by atoms with Gasteiger partial charge in [-0.15, -0.1) is 0 Å². The second kappa shape index (κ2) is 11.7. The standard InChI is InChI=1S/C24H29NO6/c1-16(2)20-11-10-19(12-17(20)3)30-15-23(27)31-14-22(26)25-21(24(28)29-4)13-18-8-6-5-7-9-18/h5-12,16,21H,13-15H2,1-4H3,(H,25,26). The van der Waals surface area contributed by atoms with Crippen LogP contribution >= 0.6 is 0 Å². The number of carbonyl (C=O) groups excluding carboxylic acids is 3. The van der Waals surface area contributed by atoms with Crippen molar-refractivity contribution < 1.29 is 28.6 Å². The van der Waals surface area contributed by atoms with Gasteiger partial charge in [0, 0.05) is 6.42 Å². The number of methoxy groups -OCH3 is 1. The van der Waals surface area contributed by atoms with Crippen molar-refractivity contribution in [1.29, 1.82) is 0 Å². The molecular formula is C24H29NO6. The molecule has 166 valence electrons. The molecule has 0 saturated carbocycles. The van der Waals surface area contributed by atoms with Crippen LogP contribution in [0.2, 0.25) is 0 Å². The Morgan fingerprint density at radius 3 is 2.32 bits per heavy atom. The van der Waals surface area contributed by atoms with E-state index in [-0.39, 0.29) is 13.0 Å². The van der Waals surface area contributed by atoms with Gasteiger partial charge in [0.25, 0.3) is 5.91 Å². The quantitative estimate of drug-likeness (QED) is 0.587. The van der Waals surface area contributed by atoms with Crippen molar-refractivity contribution in [2.24, 2.45) is 0 Å². The maximum absolute atomic E-state index is 12.2. The van der Waals surface area contributed by atoms with E-state index in [4.69, 9.17) is 14.2 Å². The van der Waals surface area contributed by atoms with Gasteiger partial charge in [-0.1, -0.05) is 50.2 Å². The van der Waals surface area contributed by atoms with Crippen LogP contribution in [0.5, 0.6) is 5.75 Å². The van der Waals surface area contributed by atoms with E-state index in [0.717, 1.165) is 11.1 Å². The molecule has 1 amide bonds. The predicted molar refractivity (Wildman–Crippen MR) is 116 cm³/mol. The zero-order valence-corrected chi connectivity index (χ0v) is 18.3. The van der Waals surface area contributed by atoms with E-state index in [1.807, 2.05) is 49.4 Å². The molecular weight excluding hydrogens is 398 g/mol. The summed E-state index contributed by atoms with van der Waals surface area (Å²) in [5, 5.41) is 2.54. The molecule has 31 heavy (non-hydrogen) atoms. The Bertz CT molecular complexity index is 894. The van der Waals surface area contributed by atoms with Crippen LogP contribution in [-0.2, 0) is 30.3 Å². The van der Waals surface area contributed by atoms with Crippen LogP contribution < -0.4 is 10.1 Å². The molecule has 0 radical (unpaired) electrons. The van der Waals surface area contributed by atoms with Crippen molar-refractivity contribution in [2.75, 3.05) is 20.3 Å². The summed E-state index contributed by atoms with van der Waals surface area (Å²) in [5.41, 5.74) is 3.15. The first-order valence-electron chi connectivity index (χ1n) is 10.1. The van der Waals surface area contributed by atoms with Crippen LogP contribution in [0, 0.1) is 6.92 Å². The van der Waals surface area contributed by atoms with E-state index in [2.05, 4.69) is 19.2 Å². The molecule has 0 aromatic heterocycles. The number of aryl methyl sites for hydroxylation is 1. The average Bonchev–Trinajstić information content (AvgIpc) is 2.75. The number of benzene rings is 2. The van der Waals surface area contributed by atoms with Gasteiger partial charge in [0.05, 0.1) is 7.11 Å². The molecule has 1 unspecified atom stereocenters. The highest BCUT2D eigenvalue weighted by atomic mass is 16.6. The largest absolute Gasteiger partial charge is 0.482 e. The molecule has 0 fully saturated rings. The molecule has 0 aliphatic carbocycles. The summed E-state index contributed by atoms with van der Waals surface area (Å²) in [6.07, 6.45) is 0.266. The number of hydrogen-bond acceptors (Lipinski definition) is 6. The van der Waals surface area contributed by atoms with Gasteiger partial charge in [0.15, 0.2) is 13.2 Å². The first-order chi connectivity index (χ1) is 14.8. The minimum atomic E-state index is -0.878. The monoisotopic (exact) mass is 427 g/mol. The number of carbonyl (C=O) groups is 3. The summed E-state index contributed by atoms with van der Waals surface area (Å²) >= 11 is 0. The summed E-state index contributed by atoms with van der Waals surface area (Å²) in [5.74, 6) is -0.910. The molecule has 7 heteroatoms. The second-order valence-corrected chi connectivity index (χ2v) is 7.46. The molecule has 2 aromatic rings. The predicted octanol–water partition coefficient (Wildman–Crippen LogP) is 2.94. The molecule has 0 saturated heterocycles. The molecule has 0 spiro atoms. The van der Waals surface area contributed by atoms with Crippen LogP contribution in [0.25, 0.3) is 0 Å². The molecule has 7 nitrogen and oxygen atoms in total. The van der Waals surface area contributed by atoms with Gasteiger partial charge in [0.1, 0.15) is 11.8 Å². The van der Waals surface area contributed by atoms with Gasteiger partial charge in [0.2, 0.25) is 0 Å². The fourth-order valence-electron chi connectivity index (χ4n) is 3.14. The molecule has 0 bridgehead atoms. The zero-order chi connectivity index (χ0) is 22.8. The van der Waals surface area contributed by atoms with Crippen LogP contribution in [-0.4, -0.2) is 44.2 Å². The topological polar surface area (TPSA) is 90.9 Å².